The fourth-order valence-electron chi connectivity index (χ4n) is 6.06. The quantitative estimate of drug-likeness (QED) is 0.351. The Morgan fingerprint density at radius 2 is 1.93 bits per heavy atom. The van der Waals surface area contributed by atoms with Crippen LogP contribution in [0.2, 0.25) is 5.02 Å². The molecular formula is C32H44ClN3O5. The molecule has 2 N–H and O–H groups in total. The molecule has 2 aliphatic rings. The van der Waals surface area contributed by atoms with Crippen molar-refractivity contribution in [1.82, 2.24) is 15.5 Å². The van der Waals surface area contributed by atoms with E-state index in [-0.39, 0.29) is 25.0 Å². The molecule has 41 heavy (non-hydrogen) atoms. The predicted octanol–water partition coefficient (Wildman–Crippen LogP) is 5.24. The summed E-state index contributed by atoms with van der Waals surface area (Å²) in [6.07, 6.45) is 3.51. The molecule has 4 rings (SSSR count). The van der Waals surface area contributed by atoms with Gasteiger partial charge in [-0.25, -0.2) is 4.79 Å². The molecule has 1 heterocycles. The third-order valence-corrected chi connectivity index (χ3v) is 8.58. The van der Waals surface area contributed by atoms with Crippen LogP contribution in [0, 0.1) is 11.8 Å². The van der Waals surface area contributed by atoms with E-state index in [4.69, 9.17) is 25.8 Å². The number of hydrogen-bond acceptors (Lipinski definition) is 6. The Balaban J connectivity index is 1.57. The van der Waals surface area contributed by atoms with Gasteiger partial charge in [0.25, 0.3) is 0 Å². The summed E-state index contributed by atoms with van der Waals surface area (Å²) < 4.78 is 17.5. The summed E-state index contributed by atoms with van der Waals surface area (Å²) in [6.45, 7) is 5.09. The van der Waals surface area contributed by atoms with Gasteiger partial charge in [-0.2, -0.15) is 0 Å². The van der Waals surface area contributed by atoms with Gasteiger partial charge in [0.2, 0.25) is 5.91 Å². The van der Waals surface area contributed by atoms with E-state index in [9.17, 15) is 9.59 Å². The van der Waals surface area contributed by atoms with E-state index in [2.05, 4.69) is 35.8 Å². The molecular weight excluding hydrogens is 542 g/mol. The Morgan fingerprint density at radius 1 is 1.15 bits per heavy atom. The number of carbonyl (C=O) groups excluding carboxylic acids is 2. The van der Waals surface area contributed by atoms with Gasteiger partial charge in [-0.3, -0.25) is 4.79 Å². The van der Waals surface area contributed by atoms with Crippen molar-refractivity contribution in [2.45, 2.75) is 51.2 Å². The molecule has 0 bridgehead atoms. The largest absolute Gasteiger partial charge is 0.453 e. The first-order valence-electron chi connectivity index (χ1n) is 14.8. The number of nitrogens with one attached hydrogen (secondary N) is 2. The number of ether oxygens (including phenoxy) is 3. The average molecular weight is 586 g/mol. The minimum absolute atomic E-state index is 0.0593. The number of amides is 2. The smallest absolute Gasteiger partial charge is 0.406 e. The van der Waals surface area contributed by atoms with Crippen molar-refractivity contribution in [2.75, 3.05) is 53.6 Å². The number of morpholine rings is 1. The maximum Gasteiger partial charge on any atom is 0.406 e. The minimum Gasteiger partial charge on any atom is -0.453 e. The van der Waals surface area contributed by atoms with Gasteiger partial charge < -0.3 is 29.7 Å². The summed E-state index contributed by atoms with van der Waals surface area (Å²) in [7, 11) is 3.32. The highest BCUT2D eigenvalue weighted by Gasteiger charge is 2.36. The lowest BCUT2D eigenvalue weighted by atomic mass is 9.81. The van der Waals surface area contributed by atoms with Crippen LogP contribution in [0.1, 0.15) is 49.8 Å². The van der Waals surface area contributed by atoms with E-state index in [1.165, 1.54) is 12.7 Å². The van der Waals surface area contributed by atoms with Gasteiger partial charge in [-0.1, -0.05) is 54.9 Å². The van der Waals surface area contributed by atoms with Crippen LogP contribution in [-0.2, 0) is 25.4 Å². The van der Waals surface area contributed by atoms with Gasteiger partial charge in [0.05, 0.1) is 20.3 Å². The van der Waals surface area contributed by atoms with Crippen LogP contribution in [0.25, 0.3) is 11.1 Å². The topological polar surface area (TPSA) is 89.1 Å². The van der Waals surface area contributed by atoms with Gasteiger partial charge in [-0.15, -0.1) is 0 Å². The Hall–Kier alpha value is -2.65. The molecule has 2 amide bonds. The molecule has 224 valence electrons. The summed E-state index contributed by atoms with van der Waals surface area (Å²) in [5, 5.41) is 6.57. The van der Waals surface area contributed by atoms with Crippen LogP contribution in [0.4, 0.5) is 4.79 Å². The summed E-state index contributed by atoms with van der Waals surface area (Å²) in [4.78, 5) is 27.2. The third kappa shape index (κ3) is 8.22. The number of hydrogen-bond donors (Lipinski definition) is 2. The number of benzene rings is 2. The Labute approximate surface area is 249 Å². The highest BCUT2D eigenvalue weighted by molar-refractivity contribution is 6.33. The highest BCUT2D eigenvalue weighted by atomic mass is 35.5. The van der Waals surface area contributed by atoms with Crippen molar-refractivity contribution in [2.24, 2.45) is 11.8 Å². The predicted molar refractivity (Wildman–Crippen MR) is 161 cm³/mol. The summed E-state index contributed by atoms with van der Waals surface area (Å²) >= 11 is 6.84. The molecule has 1 aliphatic heterocycles. The molecule has 9 heteroatoms. The second kappa shape index (κ2) is 15.5. The zero-order valence-electron chi connectivity index (χ0n) is 24.5. The number of methoxy groups -OCH3 is 1. The van der Waals surface area contributed by atoms with Crippen LogP contribution in [-0.4, -0.2) is 76.6 Å². The molecule has 1 aliphatic carbocycles. The van der Waals surface area contributed by atoms with Crippen molar-refractivity contribution >= 4 is 23.6 Å². The van der Waals surface area contributed by atoms with Crippen molar-refractivity contribution in [3.63, 3.8) is 0 Å². The minimum atomic E-state index is -0.514. The summed E-state index contributed by atoms with van der Waals surface area (Å²) in [6, 6.07) is 14.2. The third-order valence-electron chi connectivity index (χ3n) is 8.26. The first-order chi connectivity index (χ1) is 19.9. The highest BCUT2D eigenvalue weighted by Crippen LogP contribution is 2.39. The molecule has 2 atom stereocenters. The number of rotatable bonds is 11. The van der Waals surface area contributed by atoms with E-state index in [0.29, 0.717) is 30.6 Å². The molecule has 1 saturated heterocycles. The fraction of sp³-hybridized carbons (Fsp3) is 0.562. The zero-order chi connectivity index (χ0) is 29.2. The Bertz CT molecular complexity index is 1150. The normalized spacial score (nSPS) is 21.8. The first-order valence-corrected chi connectivity index (χ1v) is 15.2. The van der Waals surface area contributed by atoms with Gasteiger partial charge in [0, 0.05) is 36.1 Å². The summed E-state index contributed by atoms with van der Waals surface area (Å²) in [5.74, 6) is 0.920. The Kier molecular flexibility index (Phi) is 11.9. The maximum atomic E-state index is 13.6. The van der Waals surface area contributed by atoms with E-state index in [1.807, 2.05) is 36.2 Å². The average Bonchev–Trinajstić information content (AvgIpc) is 3.01. The molecule has 2 fully saturated rings. The lowest BCUT2D eigenvalue weighted by molar-refractivity contribution is -0.153. The van der Waals surface area contributed by atoms with Crippen molar-refractivity contribution in [1.29, 1.82) is 0 Å². The molecule has 0 radical (unpaired) electrons. The van der Waals surface area contributed by atoms with E-state index in [0.717, 1.165) is 55.3 Å². The lowest BCUT2D eigenvalue weighted by Gasteiger charge is -2.40. The van der Waals surface area contributed by atoms with Crippen molar-refractivity contribution < 1.29 is 23.8 Å². The molecule has 2 aromatic rings. The van der Waals surface area contributed by atoms with Crippen LogP contribution in [0.3, 0.4) is 0 Å². The van der Waals surface area contributed by atoms with Gasteiger partial charge >= 0.3 is 6.09 Å². The second-order valence-corrected chi connectivity index (χ2v) is 11.3. The Morgan fingerprint density at radius 3 is 2.66 bits per heavy atom. The van der Waals surface area contributed by atoms with Crippen LogP contribution >= 0.6 is 11.6 Å². The number of nitrogens with zero attached hydrogens (tertiary/aromatic N) is 1. The van der Waals surface area contributed by atoms with Gasteiger partial charge in [0.1, 0.15) is 12.2 Å². The van der Waals surface area contributed by atoms with Crippen LogP contribution in [0.5, 0.6) is 0 Å². The van der Waals surface area contributed by atoms with E-state index >= 15 is 0 Å². The van der Waals surface area contributed by atoms with Crippen molar-refractivity contribution in [3.8, 4) is 11.1 Å². The SMILES string of the molecule is CCc1cccc(-c2c(Cl)cccc2[C@H](OCCNC(=O)OC)[C@H]2CN(C(=O)C3CCC(CNC)CC3)CCO2)c1. The first kappa shape index (κ1) is 31.3. The van der Waals surface area contributed by atoms with Gasteiger partial charge in [0.15, 0.2) is 0 Å². The monoisotopic (exact) mass is 585 g/mol. The number of alkyl carbamates (subject to hydrolysis) is 1. The molecule has 1 saturated carbocycles. The van der Waals surface area contributed by atoms with E-state index < -0.39 is 18.3 Å². The standard InChI is InChI=1S/C32H44ClN3O5/c1-4-22-7-5-8-25(19-22)29-26(9-6-10-27(29)33)30(41-17-15-35-32(38)39-3)28-21-36(16-18-40-28)31(37)24-13-11-23(12-14-24)20-34-2/h5-10,19,23-24,28,30,34H,4,11-18,20-21H2,1-3H3,(H,35,38)/t23?,24?,28-,30+/m1/s1. The molecule has 0 aromatic heterocycles. The molecule has 0 spiro atoms. The van der Waals surface area contributed by atoms with E-state index in [1.54, 1.807) is 0 Å². The number of halogens is 1. The number of carbonyl (C=O) groups is 2. The fourth-order valence-corrected chi connectivity index (χ4v) is 6.35. The summed E-state index contributed by atoms with van der Waals surface area (Å²) in [5.41, 5.74) is 4.01. The maximum absolute atomic E-state index is 13.6. The van der Waals surface area contributed by atoms with Crippen LogP contribution < -0.4 is 10.6 Å². The molecule has 0 unspecified atom stereocenters. The van der Waals surface area contributed by atoms with Crippen molar-refractivity contribution in [3.05, 3.63) is 58.6 Å². The molecule has 8 nitrogen and oxygen atoms in total. The number of aryl methyl sites for hydroxylation is 1. The second-order valence-electron chi connectivity index (χ2n) is 10.9. The van der Waals surface area contributed by atoms with Gasteiger partial charge in [-0.05, 0) is 74.4 Å². The van der Waals surface area contributed by atoms with Crippen LogP contribution in [0.15, 0.2) is 42.5 Å². The molecule has 2 aromatic carbocycles. The zero-order valence-corrected chi connectivity index (χ0v) is 25.3. The lowest BCUT2D eigenvalue weighted by Crippen LogP contribution is -2.50.